The molecule has 1 fully saturated rings. The average Bonchev–Trinajstić information content (AvgIpc) is 2.96. The molecule has 0 amide bonds. The van der Waals surface area contributed by atoms with Gasteiger partial charge in [0, 0.05) is 37.8 Å². The average molecular weight is 304 g/mol. The van der Waals surface area contributed by atoms with E-state index < -0.39 is 0 Å². The Kier molecular flexibility index (Phi) is 3.02. The van der Waals surface area contributed by atoms with E-state index in [1.807, 2.05) is 0 Å². The molecule has 3 aliphatic rings. The van der Waals surface area contributed by atoms with Crippen LogP contribution < -0.4 is 4.90 Å². The van der Waals surface area contributed by atoms with Gasteiger partial charge in [0.05, 0.1) is 0 Å². The largest absolute Gasteiger partial charge is 0.371 e. The number of anilines is 1. The van der Waals surface area contributed by atoms with Gasteiger partial charge in [-0.05, 0) is 60.2 Å². The molecule has 3 heterocycles. The molecule has 0 spiro atoms. The summed E-state index contributed by atoms with van der Waals surface area (Å²) in [6.45, 7) is 4.99. The lowest BCUT2D eigenvalue weighted by molar-refractivity contribution is 0.393. The third-order valence-corrected chi connectivity index (χ3v) is 5.99. The molecule has 2 aromatic carbocycles. The van der Waals surface area contributed by atoms with Gasteiger partial charge in [-0.15, -0.1) is 0 Å². The van der Waals surface area contributed by atoms with E-state index in [4.69, 9.17) is 0 Å². The van der Waals surface area contributed by atoms with Crippen LogP contribution in [0.1, 0.15) is 23.5 Å². The topological polar surface area (TPSA) is 6.48 Å². The van der Waals surface area contributed by atoms with Gasteiger partial charge in [0.1, 0.15) is 0 Å². The minimum Gasteiger partial charge on any atom is -0.371 e. The monoisotopic (exact) mass is 304 g/mol. The summed E-state index contributed by atoms with van der Waals surface area (Å²) in [5.41, 5.74) is 7.57. The maximum atomic E-state index is 2.68. The Morgan fingerprint density at radius 2 is 1.83 bits per heavy atom. The quantitative estimate of drug-likeness (QED) is 0.791. The first-order chi connectivity index (χ1) is 11.3. The van der Waals surface area contributed by atoms with Gasteiger partial charge in [-0.3, -0.25) is 0 Å². The van der Waals surface area contributed by atoms with Crippen LogP contribution in [-0.4, -0.2) is 38.1 Å². The molecule has 0 saturated carbocycles. The van der Waals surface area contributed by atoms with Crippen LogP contribution in [-0.2, 0) is 6.42 Å². The van der Waals surface area contributed by atoms with E-state index >= 15 is 0 Å². The van der Waals surface area contributed by atoms with Crippen molar-refractivity contribution in [3.8, 4) is 11.1 Å². The van der Waals surface area contributed by atoms with E-state index in [1.54, 1.807) is 16.8 Å². The summed E-state index contributed by atoms with van der Waals surface area (Å²) < 4.78 is 0. The number of rotatable bonds is 1. The van der Waals surface area contributed by atoms with Crippen LogP contribution in [0, 0.1) is 5.92 Å². The lowest BCUT2D eigenvalue weighted by atomic mass is 9.79. The molecule has 2 nitrogen and oxygen atoms in total. The number of aryl methyl sites for hydroxylation is 1. The van der Waals surface area contributed by atoms with Gasteiger partial charge < -0.3 is 9.80 Å². The molecular formula is C21H24N2. The lowest BCUT2D eigenvalue weighted by Crippen LogP contribution is -2.41. The molecule has 118 valence electrons. The highest BCUT2D eigenvalue weighted by Gasteiger charge is 2.40. The molecule has 2 heteroatoms. The van der Waals surface area contributed by atoms with Gasteiger partial charge in [-0.2, -0.15) is 0 Å². The predicted octanol–water partition coefficient (Wildman–Crippen LogP) is 3.77. The number of likely N-dealkylation sites (tertiary alicyclic amines) is 1. The normalized spacial score (nSPS) is 26.0. The first-order valence-corrected chi connectivity index (χ1v) is 8.95. The van der Waals surface area contributed by atoms with E-state index in [2.05, 4.69) is 59.3 Å². The molecule has 1 saturated heterocycles. The van der Waals surface area contributed by atoms with Crippen molar-refractivity contribution in [2.24, 2.45) is 5.92 Å². The second-order valence-electron chi connectivity index (χ2n) is 7.58. The van der Waals surface area contributed by atoms with Gasteiger partial charge in [-0.25, -0.2) is 0 Å². The number of benzene rings is 2. The molecule has 5 rings (SSSR count). The molecule has 23 heavy (non-hydrogen) atoms. The van der Waals surface area contributed by atoms with Crippen molar-refractivity contribution in [1.82, 2.24) is 4.90 Å². The zero-order chi connectivity index (χ0) is 15.4. The number of likely N-dealkylation sites (N-methyl/N-ethyl adjacent to an activating group) is 1. The first-order valence-electron chi connectivity index (χ1n) is 8.95. The van der Waals surface area contributed by atoms with Crippen molar-refractivity contribution in [1.29, 1.82) is 0 Å². The zero-order valence-electron chi connectivity index (χ0n) is 13.8. The molecule has 0 aliphatic carbocycles. The van der Waals surface area contributed by atoms with Crippen LogP contribution in [0.2, 0.25) is 0 Å². The van der Waals surface area contributed by atoms with Crippen LogP contribution >= 0.6 is 0 Å². The fourth-order valence-electron chi connectivity index (χ4n) is 5.04. The van der Waals surface area contributed by atoms with Gasteiger partial charge in [0.25, 0.3) is 0 Å². The van der Waals surface area contributed by atoms with E-state index in [0.717, 1.165) is 11.8 Å². The molecule has 0 N–H and O–H groups in total. The van der Waals surface area contributed by atoms with E-state index in [-0.39, 0.29) is 0 Å². The fraction of sp³-hybridized carbons (Fsp3) is 0.429. The molecule has 3 aliphatic heterocycles. The predicted molar refractivity (Wildman–Crippen MR) is 96.1 cm³/mol. The van der Waals surface area contributed by atoms with Crippen molar-refractivity contribution in [2.45, 2.75) is 18.8 Å². The number of hydrogen-bond acceptors (Lipinski definition) is 2. The van der Waals surface area contributed by atoms with Gasteiger partial charge in [0.15, 0.2) is 0 Å². The Labute approximate surface area is 138 Å². The van der Waals surface area contributed by atoms with E-state index in [1.165, 1.54) is 50.1 Å². The smallest absolute Gasteiger partial charge is 0.0435 e. The van der Waals surface area contributed by atoms with Crippen LogP contribution in [0.5, 0.6) is 0 Å². The van der Waals surface area contributed by atoms with Crippen molar-refractivity contribution in [3.05, 3.63) is 53.6 Å². The highest BCUT2D eigenvalue weighted by Crippen LogP contribution is 2.47. The fourth-order valence-corrected chi connectivity index (χ4v) is 5.04. The Morgan fingerprint density at radius 1 is 0.957 bits per heavy atom. The van der Waals surface area contributed by atoms with Crippen LogP contribution in [0.25, 0.3) is 11.1 Å². The second kappa shape index (κ2) is 5.10. The zero-order valence-corrected chi connectivity index (χ0v) is 13.8. The second-order valence-corrected chi connectivity index (χ2v) is 7.58. The maximum absolute atomic E-state index is 2.68. The Bertz CT molecular complexity index is 737. The van der Waals surface area contributed by atoms with Crippen molar-refractivity contribution >= 4 is 5.69 Å². The number of nitrogens with zero attached hydrogens (tertiary/aromatic N) is 2. The highest BCUT2D eigenvalue weighted by molar-refractivity contribution is 5.74. The summed E-state index contributed by atoms with van der Waals surface area (Å²) in [6, 6.07) is 15.9. The summed E-state index contributed by atoms with van der Waals surface area (Å²) in [6.07, 6.45) is 2.55. The molecule has 2 atom stereocenters. The third kappa shape index (κ3) is 2.12. The molecule has 0 bridgehead atoms. The van der Waals surface area contributed by atoms with E-state index in [0.29, 0.717) is 0 Å². The summed E-state index contributed by atoms with van der Waals surface area (Å²) in [5.74, 6) is 1.54. The van der Waals surface area contributed by atoms with Crippen LogP contribution in [0.15, 0.2) is 42.5 Å². The summed E-state index contributed by atoms with van der Waals surface area (Å²) in [7, 11) is 2.28. The van der Waals surface area contributed by atoms with Gasteiger partial charge in [-0.1, -0.05) is 30.3 Å². The summed E-state index contributed by atoms with van der Waals surface area (Å²) in [5, 5.41) is 0. The molecular weight excluding hydrogens is 280 g/mol. The molecule has 0 aromatic heterocycles. The minimum absolute atomic E-state index is 0.728. The number of fused-ring (bicyclic) bond motifs is 2. The van der Waals surface area contributed by atoms with Crippen molar-refractivity contribution < 1.29 is 0 Å². The Balaban J connectivity index is 1.69. The van der Waals surface area contributed by atoms with Crippen LogP contribution in [0.4, 0.5) is 5.69 Å². The molecule has 0 radical (unpaired) electrons. The minimum atomic E-state index is 0.728. The molecule has 2 aromatic rings. The lowest BCUT2D eigenvalue weighted by Gasteiger charge is -2.42. The van der Waals surface area contributed by atoms with Crippen LogP contribution in [0.3, 0.4) is 0 Å². The third-order valence-electron chi connectivity index (χ3n) is 5.99. The first kappa shape index (κ1) is 13.6. The summed E-state index contributed by atoms with van der Waals surface area (Å²) >= 11 is 0. The maximum Gasteiger partial charge on any atom is 0.0435 e. The van der Waals surface area contributed by atoms with Gasteiger partial charge >= 0.3 is 0 Å². The molecule has 0 unspecified atom stereocenters. The SMILES string of the molecule is CN1C[C@@H]2CN3CCCc4cc(-c5ccccc5)cc(c43)[C@@H]2C1. The van der Waals surface area contributed by atoms with Gasteiger partial charge in [0.2, 0.25) is 0 Å². The standard InChI is InChI=1S/C21H24N2/c1-22-12-18-13-23-9-5-8-16-10-17(15-6-3-2-4-7-15)11-19(21(16)23)20(18)14-22/h2-4,6-7,10-11,18,20H,5,8-9,12-14H2,1H3/t18-,20-/m1/s1. The summed E-state index contributed by atoms with van der Waals surface area (Å²) in [4.78, 5) is 5.21. The Hall–Kier alpha value is -1.80. The van der Waals surface area contributed by atoms with E-state index in [9.17, 15) is 0 Å². The highest BCUT2D eigenvalue weighted by atomic mass is 15.2. The Morgan fingerprint density at radius 3 is 2.70 bits per heavy atom. The van der Waals surface area contributed by atoms with Crippen molar-refractivity contribution in [3.63, 3.8) is 0 Å². The van der Waals surface area contributed by atoms with Crippen molar-refractivity contribution in [2.75, 3.05) is 38.1 Å². The number of hydrogen-bond donors (Lipinski definition) is 0.